The highest BCUT2D eigenvalue weighted by molar-refractivity contribution is 9.10. The van der Waals surface area contributed by atoms with Crippen molar-refractivity contribution in [3.8, 4) is 0 Å². The lowest BCUT2D eigenvalue weighted by Crippen LogP contribution is -2.28. The zero-order valence-electron chi connectivity index (χ0n) is 12.6. The van der Waals surface area contributed by atoms with Crippen LogP contribution in [0.4, 0.5) is 16.2 Å². The van der Waals surface area contributed by atoms with Crippen molar-refractivity contribution in [3.63, 3.8) is 0 Å². The number of halogens is 1. The molecule has 6 nitrogen and oxygen atoms in total. The van der Waals surface area contributed by atoms with Gasteiger partial charge in [0.15, 0.2) is 0 Å². The van der Waals surface area contributed by atoms with Gasteiger partial charge in [0.05, 0.1) is 0 Å². The van der Waals surface area contributed by atoms with E-state index in [-0.39, 0.29) is 10.9 Å². The second-order valence-corrected chi connectivity index (χ2v) is 7.24. The van der Waals surface area contributed by atoms with E-state index < -0.39 is 10.0 Å². The molecule has 0 spiro atoms. The molecule has 0 atom stereocenters. The summed E-state index contributed by atoms with van der Waals surface area (Å²) < 4.78 is 27.7. The number of carbonyl (C=O) groups is 1. The largest absolute Gasteiger partial charge is 0.334 e. The summed E-state index contributed by atoms with van der Waals surface area (Å²) in [5, 5.41) is 5.20. The lowest BCUT2D eigenvalue weighted by atomic mass is 10.3. The standard InChI is InChI=1S/C16H16BrN3O3S/c1-2-11-18-16(21)19-12-7-9-13(10-8-12)20-24(22,23)15-6-4-3-5-14(15)17/h2-10,20H,1,11H2,(H2,18,19,21). The maximum absolute atomic E-state index is 12.4. The van der Waals surface area contributed by atoms with E-state index in [2.05, 4.69) is 37.9 Å². The topological polar surface area (TPSA) is 87.3 Å². The predicted molar refractivity (Wildman–Crippen MR) is 98.6 cm³/mol. The summed E-state index contributed by atoms with van der Waals surface area (Å²) in [7, 11) is -3.70. The molecular formula is C16H16BrN3O3S. The van der Waals surface area contributed by atoms with Gasteiger partial charge in [-0.15, -0.1) is 6.58 Å². The normalized spacial score (nSPS) is 10.7. The number of nitrogens with one attached hydrogen (secondary N) is 3. The summed E-state index contributed by atoms with van der Waals surface area (Å²) in [6.45, 7) is 3.86. The van der Waals surface area contributed by atoms with Crippen molar-refractivity contribution < 1.29 is 13.2 Å². The fraction of sp³-hybridized carbons (Fsp3) is 0.0625. The first-order valence-electron chi connectivity index (χ1n) is 6.95. The quantitative estimate of drug-likeness (QED) is 0.637. The Kier molecular flexibility index (Phi) is 5.99. The molecule has 0 saturated carbocycles. The van der Waals surface area contributed by atoms with Crippen LogP contribution in [0.15, 0.2) is 70.6 Å². The van der Waals surface area contributed by atoms with Gasteiger partial charge in [-0.25, -0.2) is 13.2 Å². The van der Waals surface area contributed by atoms with E-state index in [1.807, 2.05) is 0 Å². The van der Waals surface area contributed by atoms with Gasteiger partial charge < -0.3 is 10.6 Å². The Morgan fingerprint density at radius 1 is 1.08 bits per heavy atom. The summed E-state index contributed by atoms with van der Waals surface area (Å²) >= 11 is 3.22. The first kappa shape index (κ1) is 18.0. The SMILES string of the molecule is C=CCNC(=O)Nc1ccc(NS(=O)(=O)c2ccccc2Br)cc1. The van der Waals surface area contributed by atoms with Crippen molar-refractivity contribution in [2.24, 2.45) is 0 Å². The average molecular weight is 410 g/mol. The van der Waals surface area contributed by atoms with Crippen LogP contribution in [0.3, 0.4) is 0 Å². The number of sulfonamides is 1. The molecule has 0 aromatic heterocycles. The first-order chi connectivity index (χ1) is 11.4. The number of amides is 2. The van der Waals surface area contributed by atoms with Gasteiger partial charge in [-0.1, -0.05) is 18.2 Å². The fourth-order valence-electron chi connectivity index (χ4n) is 1.83. The van der Waals surface area contributed by atoms with Gasteiger partial charge in [0.1, 0.15) is 4.90 Å². The number of benzene rings is 2. The molecule has 0 aliphatic rings. The second kappa shape index (κ2) is 7.98. The fourth-order valence-corrected chi connectivity index (χ4v) is 3.90. The number of hydrogen-bond donors (Lipinski definition) is 3. The van der Waals surface area contributed by atoms with Crippen LogP contribution in [-0.2, 0) is 10.0 Å². The molecule has 8 heteroatoms. The summed E-state index contributed by atoms with van der Waals surface area (Å²) in [5.41, 5.74) is 0.934. The van der Waals surface area contributed by atoms with Crippen molar-refractivity contribution in [1.82, 2.24) is 5.32 Å². The van der Waals surface area contributed by atoms with Crippen molar-refractivity contribution in [2.75, 3.05) is 16.6 Å². The van der Waals surface area contributed by atoms with Crippen molar-refractivity contribution in [2.45, 2.75) is 4.90 Å². The molecule has 0 heterocycles. The molecule has 3 N–H and O–H groups in total. The van der Waals surface area contributed by atoms with Gasteiger partial charge in [-0.2, -0.15) is 0 Å². The number of anilines is 2. The van der Waals surface area contributed by atoms with E-state index in [0.717, 1.165) is 0 Å². The molecule has 2 aromatic rings. The Labute approximate surface area is 149 Å². The second-order valence-electron chi connectivity index (χ2n) is 4.74. The van der Waals surface area contributed by atoms with E-state index >= 15 is 0 Å². The molecule has 0 saturated heterocycles. The summed E-state index contributed by atoms with van der Waals surface area (Å²) in [6, 6.07) is 12.5. The van der Waals surface area contributed by atoms with Crippen LogP contribution >= 0.6 is 15.9 Å². The first-order valence-corrected chi connectivity index (χ1v) is 9.23. The predicted octanol–water partition coefficient (Wildman–Crippen LogP) is 3.56. The van der Waals surface area contributed by atoms with Crippen LogP contribution in [0.25, 0.3) is 0 Å². The third kappa shape index (κ3) is 4.84. The summed E-state index contributed by atoms with van der Waals surface area (Å²) in [4.78, 5) is 11.7. The van der Waals surface area contributed by atoms with Gasteiger partial charge in [0, 0.05) is 22.4 Å². The third-order valence-electron chi connectivity index (χ3n) is 2.93. The highest BCUT2D eigenvalue weighted by Crippen LogP contribution is 2.24. The van der Waals surface area contributed by atoms with Gasteiger partial charge in [-0.05, 0) is 52.3 Å². The van der Waals surface area contributed by atoms with Gasteiger partial charge in [-0.3, -0.25) is 4.72 Å². The van der Waals surface area contributed by atoms with E-state index in [1.54, 1.807) is 48.5 Å². The number of urea groups is 1. The van der Waals surface area contributed by atoms with Crippen LogP contribution in [0.1, 0.15) is 0 Å². The zero-order valence-corrected chi connectivity index (χ0v) is 15.0. The van der Waals surface area contributed by atoms with Crippen molar-refractivity contribution in [3.05, 3.63) is 65.7 Å². The monoisotopic (exact) mass is 409 g/mol. The Morgan fingerprint density at radius 2 is 1.71 bits per heavy atom. The van der Waals surface area contributed by atoms with Gasteiger partial charge >= 0.3 is 6.03 Å². The van der Waals surface area contributed by atoms with Crippen LogP contribution < -0.4 is 15.4 Å². The number of hydrogen-bond acceptors (Lipinski definition) is 3. The maximum Gasteiger partial charge on any atom is 0.319 e. The van der Waals surface area contributed by atoms with E-state index in [9.17, 15) is 13.2 Å². The lowest BCUT2D eigenvalue weighted by molar-refractivity contribution is 0.253. The molecule has 24 heavy (non-hydrogen) atoms. The van der Waals surface area contributed by atoms with Crippen molar-refractivity contribution in [1.29, 1.82) is 0 Å². The van der Waals surface area contributed by atoms with Crippen LogP contribution in [-0.4, -0.2) is 21.0 Å². The molecule has 2 amide bonds. The van der Waals surface area contributed by atoms with Gasteiger partial charge in [0.25, 0.3) is 10.0 Å². The van der Waals surface area contributed by atoms with Crippen molar-refractivity contribution >= 4 is 43.4 Å². The zero-order chi connectivity index (χ0) is 17.6. The molecule has 126 valence electrons. The van der Waals surface area contributed by atoms with E-state index in [1.165, 1.54) is 6.07 Å². The Balaban J connectivity index is 2.07. The highest BCUT2D eigenvalue weighted by atomic mass is 79.9. The number of carbonyl (C=O) groups excluding carboxylic acids is 1. The minimum Gasteiger partial charge on any atom is -0.334 e. The smallest absolute Gasteiger partial charge is 0.319 e. The average Bonchev–Trinajstić information content (AvgIpc) is 2.55. The molecule has 0 aliphatic heterocycles. The Bertz CT molecular complexity index is 836. The van der Waals surface area contributed by atoms with E-state index in [0.29, 0.717) is 22.4 Å². The molecule has 0 bridgehead atoms. The molecule has 2 rings (SSSR count). The van der Waals surface area contributed by atoms with Crippen LogP contribution in [0.2, 0.25) is 0 Å². The summed E-state index contributed by atoms with van der Waals surface area (Å²) in [6.07, 6.45) is 1.57. The molecule has 0 unspecified atom stereocenters. The minimum atomic E-state index is -3.70. The molecular weight excluding hydrogens is 394 g/mol. The number of rotatable bonds is 6. The molecule has 0 fully saturated rings. The molecule has 2 aromatic carbocycles. The minimum absolute atomic E-state index is 0.149. The Morgan fingerprint density at radius 3 is 2.33 bits per heavy atom. The highest BCUT2D eigenvalue weighted by Gasteiger charge is 2.17. The Hall–Kier alpha value is -2.32. The molecule has 0 aliphatic carbocycles. The summed E-state index contributed by atoms with van der Waals surface area (Å²) in [5.74, 6) is 0. The third-order valence-corrected chi connectivity index (χ3v) is 5.32. The van der Waals surface area contributed by atoms with Gasteiger partial charge in [0.2, 0.25) is 0 Å². The maximum atomic E-state index is 12.4. The van der Waals surface area contributed by atoms with E-state index in [4.69, 9.17) is 0 Å². The lowest BCUT2D eigenvalue weighted by Gasteiger charge is -2.11. The molecule has 0 radical (unpaired) electrons. The van der Waals surface area contributed by atoms with Crippen LogP contribution in [0, 0.1) is 0 Å². The van der Waals surface area contributed by atoms with Crippen LogP contribution in [0.5, 0.6) is 0 Å².